The monoisotopic (exact) mass is 447 g/mol. The number of aryl methyl sites for hydroxylation is 1. The molecule has 3 heterocycles. The molecule has 0 radical (unpaired) electrons. The van der Waals surface area contributed by atoms with Gasteiger partial charge < -0.3 is 9.47 Å². The van der Waals surface area contributed by atoms with E-state index < -0.39 is 0 Å². The molecule has 0 aliphatic carbocycles. The fourth-order valence-electron chi connectivity index (χ4n) is 5.49. The molecule has 0 N–H and O–H groups in total. The predicted molar refractivity (Wildman–Crippen MR) is 131 cm³/mol. The van der Waals surface area contributed by atoms with Crippen molar-refractivity contribution in [3.8, 4) is 5.69 Å². The minimum absolute atomic E-state index is 0.174. The Bertz CT molecular complexity index is 1130. The van der Waals surface area contributed by atoms with Crippen molar-refractivity contribution in [2.45, 2.75) is 58.4 Å². The lowest BCUT2D eigenvalue weighted by molar-refractivity contribution is -0.133. The summed E-state index contributed by atoms with van der Waals surface area (Å²) in [5.74, 6) is 0.151. The van der Waals surface area contributed by atoms with Gasteiger partial charge in [-0.05, 0) is 80.1 Å². The second kappa shape index (κ2) is 9.68. The van der Waals surface area contributed by atoms with Crippen molar-refractivity contribution < 1.29 is 9.18 Å². The Morgan fingerprint density at radius 2 is 1.76 bits per heavy atom. The maximum absolute atomic E-state index is 14.2. The van der Waals surface area contributed by atoms with Gasteiger partial charge in [-0.3, -0.25) is 9.69 Å². The number of carbonyl (C=O) groups is 1. The van der Waals surface area contributed by atoms with E-state index in [4.69, 9.17) is 0 Å². The molecule has 0 unspecified atom stereocenters. The minimum atomic E-state index is -0.174. The average Bonchev–Trinajstić information content (AvgIpc) is 3.16. The number of likely N-dealkylation sites (tertiary alicyclic amines) is 1. The molecule has 174 valence electrons. The Morgan fingerprint density at radius 3 is 2.55 bits per heavy atom. The Morgan fingerprint density at radius 1 is 0.939 bits per heavy atom. The summed E-state index contributed by atoms with van der Waals surface area (Å²) in [5.41, 5.74) is 6.16. The first-order chi connectivity index (χ1) is 16.1. The number of halogens is 1. The SMILES string of the molecule is CCc1ccc(-n2c3c(c4cc(F)ccc42)CN(CCCCN2CCCCC2=O)CC3)cc1. The molecule has 2 aliphatic rings. The third kappa shape index (κ3) is 4.56. The van der Waals surface area contributed by atoms with Crippen LogP contribution in [0.25, 0.3) is 16.6 Å². The number of amides is 1. The summed E-state index contributed by atoms with van der Waals surface area (Å²) in [7, 11) is 0. The molecule has 2 aliphatic heterocycles. The Labute approximate surface area is 196 Å². The number of fused-ring (bicyclic) bond motifs is 3. The van der Waals surface area contributed by atoms with Crippen LogP contribution in [0.5, 0.6) is 0 Å². The van der Waals surface area contributed by atoms with Crippen molar-refractivity contribution in [3.05, 3.63) is 65.1 Å². The van der Waals surface area contributed by atoms with Crippen LogP contribution in [0.15, 0.2) is 42.5 Å². The third-order valence-corrected chi connectivity index (χ3v) is 7.37. The molecule has 5 heteroatoms. The molecule has 33 heavy (non-hydrogen) atoms. The molecule has 2 aromatic carbocycles. The molecule has 0 bridgehead atoms. The number of unbranched alkanes of at least 4 members (excludes halogenated alkanes) is 1. The van der Waals surface area contributed by atoms with Gasteiger partial charge in [0.05, 0.1) is 5.52 Å². The van der Waals surface area contributed by atoms with Crippen molar-refractivity contribution in [2.75, 3.05) is 26.2 Å². The van der Waals surface area contributed by atoms with Gasteiger partial charge in [-0.2, -0.15) is 0 Å². The molecule has 0 atom stereocenters. The molecule has 1 saturated heterocycles. The molecule has 5 rings (SSSR count). The summed E-state index contributed by atoms with van der Waals surface area (Å²) >= 11 is 0. The van der Waals surface area contributed by atoms with Crippen LogP contribution in [0.4, 0.5) is 4.39 Å². The van der Waals surface area contributed by atoms with E-state index in [0.29, 0.717) is 5.91 Å². The standard InChI is InChI=1S/C28H34FN3O/c1-2-21-8-11-23(12-9-21)32-26-13-10-22(29)19-24(26)25-20-30(18-14-27(25)32)15-5-6-17-31-16-4-3-7-28(31)33/h8-13,19H,2-7,14-18,20H2,1H3. The van der Waals surface area contributed by atoms with E-state index >= 15 is 0 Å². The zero-order valence-electron chi connectivity index (χ0n) is 19.7. The number of rotatable bonds is 7. The van der Waals surface area contributed by atoms with E-state index in [0.717, 1.165) is 94.3 Å². The maximum atomic E-state index is 14.2. The van der Waals surface area contributed by atoms with Gasteiger partial charge in [0, 0.05) is 55.8 Å². The molecule has 1 fully saturated rings. The summed E-state index contributed by atoms with van der Waals surface area (Å²) in [6, 6.07) is 14.0. The molecule has 1 aromatic heterocycles. The molecular weight excluding hydrogens is 413 g/mol. The molecule has 4 nitrogen and oxygen atoms in total. The van der Waals surface area contributed by atoms with Crippen LogP contribution in [0.1, 0.15) is 55.8 Å². The summed E-state index contributed by atoms with van der Waals surface area (Å²) in [4.78, 5) is 16.6. The van der Waals surface area contributed by atoms with Gasteiger partial charge in [0.1, 0.15) is 5.82 Å². The highest BCUT2D eigenvalue weighted by atomic mass is 19.1. The maximum Gasteiger partial charge on any atom is 0.222 e. The van der Waals surface area contributed by atoms with Crippen molar-refractivity contribution in [1.82, 2.24) is 14.4 Å². The van der Waals surface area contributed by atoms with Crippen LogP contribution in [0, 0.1) is 5.82 Å². The second-order valence-corrected chi connectivity index (χ2v) is 9.51. The van der Waals surface area contributed by atoms with Crippen molar-refractivity contribution in [2.24, 2.45) is 0 Å². The molecule has 3 aromatic rings. The fraction of sp³-hybridized carbons (Fsp3) is 0.464. The van der Waals surface area contributed by atoms with Crippen LogP contribution < -0.4 is 0 Å². The molecular formula is C28H34FN3O. The number of hydrogen-bond donors (Lipinski definition) is 0. The highest BCUT2D eigenvalue weighted by Gasteiger charge is 2.25. The third-order valence-electron chi connectivity index (χ3n) is 7.37. The molecule has 0 saturated carbocycles. The van der Waals surface area contributed by atoms with E-state index in [1.54, 1.807) is 12.1 Å². The first kappa shape index (κ1) is 22.1. The van der Waals surface area contributed by atoms with E-state index in [2.05, 4.69) is 40.7 Å². The fourth-order valence-corrected chi connectivity index (χ4v) is 5.49. The Hall–Kier alpha value is -2.66. The number of nitrogens with zero attached hydrogens (tertiary/aromatic N) is 3. The smallest absolute Gasteiger partial charge is 0.222 e. The van der Waals surface area contributed by atoms with Crippen LogP contribution >= 0.6 is 0 Å². The Kier molecular flexibility index (Phi) is 6.50. The van der Waals surface area contributed by atoms with Crippen LogP contribution in [0.3, 0.4) is 0 Å². The number of benzene rings is 2. The van der Waals surface area contributed by atoms with Gasteiger partial charge in [-0.25, -0.2) is 4.39 Å². The van der Waals surface area contributed by atoms with Gasteiger partial charge in [0.15, 0.2) is 0 Å². The number of hydrogen-bond acceptors (Lipinski definition) is 2. The van der Waals surface area contributed by atoms with Gasteiger partial charge >= 0.3 is 0 Å². The highest BCUT2D eigenvalue weighted by Crippen LogP contribution is 2.34. The van der Waals surface area contributed by atoms with Crippen LogP contribution in [0.2, 0.25) is 0 Å². The summed E-state index contributed by atoms with van der Waals surface area (Å²) < 4.78 is 16.6. The largest absolute Gasteiger partial charge is 0.343 e. The first-order valence-corrected chi connectivity index (χ1v) is 12.5. The molecule has 1 amide bonds. The lowest BCUT2D eigenvalue weighted by Crippen LogP contribution is -2.36. The lowest BCUT2D eigenvalue weighted by Gasteiger charge is -2.29. The van der Waals surface area contributed by atoms with Gasteiger partial charge in [0.25, 0.3) is 0 Å². The first-order valence-electron chi connectivity index (χ1n) is 12.5. The highest BCUT2D eigenvalue weighted by molar-refractivity contribution is 5.87. The minimum Gasteiger partial charge on any atom is -0.343 e. The number of aromatic nitrogens is 1. The van der Waals surface area contributed by atoms with Crippen molar-refractivity contribution >= 4 is 16.8 Å². The Balaban J connectivity index is 1.32. The van der Waals surface area contributed by atoms with Gasteiger partial charge in [-0.15, -0.1) is 0 Å². The average molecular weight is 448 g/mol. The van der Waals surface area contributed by atoms with Crippen molar-refractivity contribution in [3.63, 3.8) is 0 Å². The topological polar surface area (TPSA) is 28.5 Å². The zero-order chi connectivity index (χ0) is 22.8. The number of piperidine rings is 1. The van der Waals surface area contributed by atoms with E-state index in [1.807, 2.05) is 11.0 Å². The number of carbonyl (C=O) groups excluding carboxylic acids is 1. The van der Waals surface area contributed by atoms with Crippen LogP contribution in [-0.2, 0) is 24.2 Å². The van der Waals surface area contributed by atoms with Crippen molar-refractivity contribution in [1.29, 1.82) is 0 Å². The normalized spacial score (nSPS) is 17.0. The van der Waals surface area contributed by atoms with E-state index in [-0.39, 0.29) is 5.82 Å². The van der Waals surface area contributed by atoms with Crippen LogP contribution in [-0.4, -0.2) is 46.5 Å². The summed E-state index contributed by atoms with van der Waals surface area (Å²) in [5, 5.41) is 1.04. The molecule has 0 spiro atoms. The summed E-state index contributed by atoms with van der Waals surface area (Å²) in [6.07, 6.45) is 7.03. The van der Waals surface area contributed by atoms with Gasteiger partial charge in [0.2, 0.25) is 5.91 Å². The quantitative estimate of drug-likeness (QED) is 0.449. The van der Waals surface area contributed by atoms with E-state index in [1.165, 1.54) is 16.8 Å². The predicted octanol–water partition coefficient (Wildman–Crippen LogP) is 5.48. The zero-order valence-corrected chi connectivity index (χ0v) is 19.7. The lowest BCUT2D eigenvalue weighted by atomic mass is 10.0. The summed E-state index contributed by atoms with van der Waals surface area (Å²) in [6.45, 7) is 6.88. The van der Waals surface area contributed by atoms with Gasteiger partial charge in [-0.1, -0.05) is 19.1 Å². The van der Waals surface area contributed by atoms with E-state index in [9.17, 15) is 9.18 Å². The second-order valence-electron chi connectivity index (χ2n) is 9.51.